The van der Waals surface area contributed by atoms with Gasteiger partial charge in [-0.25, -0.2) is 0 Å². The van der Waals surface area contributed by atoms with Gasteiger partial charge in [-0.05, 0) is 48.9 Å². The van der Waals surface area contributed by atoms with Crippen LogP contribution >= 0.6 is 22.7 Å². The molecule has 0 fully saturated rings. The molecule has 26 heavy (non-hydrogen) atoms. The average Bonchev–Trinajstić information content (AvgIpc) is 3.25. The molecule has 0 saturated carbocycles. The van der Waals surface area contributed by atoms with Gasteiger partial charge in [-0.3, -0.25) is 0 Å². The van der Waals surface area contributed by atoms with Crippen LogP contribution in [-0.4, -0.2) is 0 Å². The van der Waals surface area contributed by atoms with E-state index in [1.165, 1.54) is 72.2 Å². The summed E-state index contributed by atoms with van der Waals surface area (Å²) in [5.41, 5.74) is 2.59. The Hall–Kier alpha value is -1.62. The van der Waals surface area contributed by atoms with Crippen LogP contribution < -0.4 is 0 Å². The molecule has 0 saturated heterocycles. The second-order valence-electron chi connectivity index (χ2n) is 6.77. The van der Waals surface area contributed by atoms with Crippen molar-refractivity contribution in [3.63, 3.8) is 0 Å². The number of aryl methyl sites for hydroxylation is 2. The van der Waals surface area contributed by atoms with Crippen LogP contribution in [0.4, 0.5) is 0 Å². The molecule has 0 bridgehead atoms. The fourth-order valence-corrected chi connectivity index (χ4v) is 5.42. The van der Waals surface area contributed by atoms with Crippen LogP contribution in [0.15, 0.2) is 12.1 Å². The Morgan fingerprint density at radius 2 is 1.12 bits per heavy atom. The predicted octanol–water partition coefficient (Wildman–Crippen LogP) is 7.47. The van der Waals surface area contributed by atoms with Crippen molar-refractivity contribution in [1.29, 1.82) is 10.5 Å². The number of thiophene rings is 2. The van der Waals surface area contributed by atoms with Gasteiger partial charge in [-0.2, -0.15) is 10.5 Å². The van der Waals surface area contributed by atoms with Gasteiger partial charge in [0.05, 0.1) is 0 Å². The first-order valence-electron chi connectivity index (χ1n) is 9.79. The quantitative estimate of drug-likeness (QED) is 0.377. The van der Waals surface area contributed by atoms with Crippen molar-refractivity contribution in [3.8, 4) is 21.9 Å². The van der Waals surface area contributed by atoms with E-state index in [0.717, 1.165) is 22.6 Å². The number of nitrogens with zero attached hydrogens (tertiary/aromatic N) is 2. The molecule has 0 aromatic carbocycles. The molecular formula is C22H28N2S2. The Labute approximate surface area is 166 Å². The van der Waals surface area contributed by atoms with Crippen molar-refractivity contribution >= 4 is 22.7 Å². The van der Waals surface area contributed by atoms with Gasteiger partial charge in [-0.1, -0.05) is 52.4 Å². The zero-order valence-electron chi connectivity index (χ0n) is 15.9. The Bertz CT molecular complexity index is 705. The molecule has 0 aliphatic heterocycles. The van der Waals surface area contributed by atoms with Gasteiger partial charge in [-0.15, -0.1) is 22.7 Å². The Balaban J connectivity index is 2.25. The highest BCUT2D eigenvalue weighted by Gasteiger charge is 2.17. The molecule has 2 rings (SSSR count). The predicted molar refractivity (Wildman–Crippen MR) is 113 cm³/mol. The van der Waals surface area contributed by atoms with E-state index >= 15 is 0 Å². The Kier molecular flexibility index (Phi) is 8.89. The van der Waals surface area contributed by atoms with E-state index in [4.69, 9.17) is 0 Å². The van der Waals surface area contributed by atoms with Crippen LogP contribution in [0, 0.1) is 22.7 Å². The van der Waals surface area contributed by atoms with Crippen molar-refractivity contribution < 1.29 is 0 Å². The number of hydrogen-bond acceptors (Lipinski definition) is 4. The van der Waals surface area contributed by atoms with E-state index in [1.807, 2.05) is 0 Å². The molecule has 0 spiro atoms. The van der Waals surface area contributed by atoms with E-state index in [1.54, 1.807) is 22.7 Å². The van der Waals surface area contributed by atoms with Crippen molar-refractivity contribution in [2.45, 2.75) is 78.1 Å². The van der Waals surface area contributed by atoms with Gasteiger partial charge in [0.1, 0.15) is 21.9 Å². The van der Waals surface area contributed by atoms with Crippen LogP contribution in [0.5, 0.6) is 0 Å². The van der Waals surface area contributed by atoms with Crippen LogP contribution in [-0.2, 0) is 12.8 Å². The molecule has 0 unspecified atom stereocenters. The Morgan fingerprint density at radius 1 is 0.692 bits per heavy atom. The summed E-state index contributed by atoms with van der Waals surface area (Å²) >= 11 is 3.20. The minimum absolute atomic E-state index is 0.786. The fraction of sp³-hybridized carbons (Fsp3) is 0.545. The minimum Gasteiger partial charge on any atom is -0.192 e. The highest BCUT2D eigenvalue weighted by atomic mass is 32.1. The summed E-state index contributed by atoms with van der Waals surface area (Å²) in [5, 5.41) is 18.7. The second kappa shape index (κ2) is 11.2. The monoisotopic (exact) mass is 384 g/mol. The summed E-state index contributed by atoms with van der Waals surface area (Å²) in [6, 6.07) is 8.77. The van der Waals surface area contributed by atoms with E-state index in [-0.39, 0.29) is 0 Å². The number of hydrogen-bond donors (Lipinski definition) is 0. The smallest absolute Gasteiger partial charge is 0.110 e. The highest BCUT2D eigenvalue weighted by Crippen LogP contribution is 2.41. The maximum absolute atomic E-state index is 9.36. The standard InChI is InChI=1S/C22H28N2S2/c1-3-5-7-9-11-17-13-19(15-23)25-21(17)22-18(12-10-8-6-4-2)14-20(16-24)26-22/h13-14H,3-12H2,1-2H3. The van der Waals surface area contributed by atoms with Crippen LogP contribution in [0.3, 0.4) is 0 Å². The summed E-state index contributed by atoms with van der Waals surface area (Å²) in [7, 11) is 0. The molecule has 138 valence electrons. The molecule has 0 amide bonds. The number of rotatable bonds is 11. The van der Waals surface area contributed by atoms with Gasteiger partial charge in [0.25, 0.3) is 0 Å². The van der Waals surface area contributed by atoms with Crippen LogP contribution in [0.25, 0.3) is 9.75 Å². The van der Waals surface area contributed by atoms with Gasteiger partial charge >= 0.3 is 0 Å². The normalized spacial score (nSPS) is 10.6. The van der Waals surface area contributed by atoms with Crippen molar-refractivity contribution in [1.82, 2.24) is 0 Å². The molecule has 4 heteroatoms. The summed E-state index contributed by atoms with van der Waals surface area (Å²) in [6.45, 7) is 4.45. The van der Waals surface area contributed by atoms with Crippen molar-refractivity contribution in [2.24, 2.45) is 0 Å². The van der Waals surface area contributed by atoms with E-state index in [2.05, 4.69) is 38.1 Å². The molecule has 2 nitrogen and oxygen atoms in total. The van der Waals surface area contributed by atoms with Crippen molar-refractivity contribution in [3.05, 3.63) is 33.0 Å². The largest absolute Gasteiger partial charge is 0.192 e. The molecule has 0 radical (unpaired) electrons. The number of unbranched alkanes of at least 4 members (excludes halogenated alkanes) is 6. The van der Waals surface area contributed by atoms with Crippen molar-refractivity contribution in [2.75, 3.05) is 0 Å². The summed E-state index contributed by atoms with van der Waals surface area (Å²) in [5.74, 6) is 0. The third kappa shape index (κ3) is 5.70. The summed E-state index contributed by atoms with van der Waals surface area (Å²) in [4.78, 5) is 4.04. The van der Waals surface area contributed by atoms with Crippen LogP contribution in [0.2, 0.25) is 0 Å². The van der Waals surface area contributed by atoms with Gasteiger partial charge in [0.2, 0.25) is 0 Å². The molecule has 0 aliphatic rings. The lowest BCUT2D eigenvalue weighted by Crippen LogP contribution is -1.89. The summed E-state index contributed by atoms with van der Waals surface area (Å²) < 4.78 is 0. The maximum Gasteiger partial charge on any atom is 0.110 e. The fourth-order valence-electron chi connectivity index (χ4n) is 3.21. The van der Waals surface area contributed by atoms with Gasteiger partial charge < -0.3 is 0 Å². The minimum atomic E-state index is 0.786. The highest BCUT2D eigenvalue weighted by molar-refractivity contribution is 7.22. The molecule has 2 heterocycles. The molecule has 2 aromatic rings. The third-order valence-electron chi connectivity index (χ3n) is 4.64. The average molecular weight is 385 g/mol. The molecule has 2 aromatic heterocycles. The Morgan fingerprint density at radius 3 is 1.46 bits per heavy atom. The molecule has 0 aliphatic carbocycles. The van der Waals surface area contributed by atoms with E-state index in [0.29, 0.717) is 0 Å². The second-order valence-corrected chi connectivity index (χ2v) is 8.88. The third-order valence-corrected chi connectivity index (χ3v) is 6.97. The molecular weight excluding hydrogens is 356 g/mol. The lowest BCUT2D eigenvalue weighted by Gasteiger charge is -2.06. The summed E-state index contributed by atoms with van der Waals surface area (Å²) in [6.07, 6.45) is 11.9. The van der Waals surface area contributed by atoms with Gasteiger partial charge in [0.15, 0.2) is 0 Å². The molecule has 0 N–H and O–H groups in total. The first-order valence-corrected chi connectivity index (χ1v) is 11.4. The number of nitriles is 2. The van der Waals surface area contributed by atoms with E-state index < -0.39 is 0 Å². The lowest BCUT2D eigenvalue weighted by molar-refractivity contribution is 0.666. The molecule has 0 atom stereocenters. The topological polar surface area (TPSA) is 47.6 Å². The van der Waals surface area contributed by atoms with Crippen LogP contribution in [0.1, 0.15) is 86.1 Å². The zero-order valence-corrected chi connectivity index (χ0v) is 17.6. The zero-order chi connectivity index (χ0) is 18.8. The van der Waals surface area contributed by atoms with Gasteiger partial charge in [0, 0.05) is 9.75 Å². The lowest BCUT2D eigenvalue weighted by atomic mass is 10.0. The first kappa shape index (κ1) is 20.7. The first-order chi connectivity index (χ1) is 12.7. The van der Waals surface area contributed by atoms with E-state index in [9.17, 15) is 10.5 Å². The maximum atomic E-state index is 9.36. The SMILES string of the molecule is CCCCCCc1cc(C#N)sc1-c1sc(C#N)cc1CCCCCC.